The number of carbonyl (C=O) groups is 2. The van der Waals surface area contributed by atoms with Crippen molar-refractivity contribution < 1.29 is 14.3 Å². The molecule has 0 aliphatic carbocycles. The SMILES string of the molecule is CCN(CC)C(=O)C1=C(C)N=c2s/c(=C3\C(=O)N(CC)c4ccccc43)c(=O)n2[C@@H]1c1c(OC)ccc2ccccc12. The van der Waals surface area contributed by atoms with Gasteiger partial charge in [-0.3, -0.25) is 19.0 Å². The van der Waals surface area contributed by atoms with Crippen molar-refractivity contribution in [2.75, 3.05) is 31.6 Å². The molecule has 3 heterocycles. The minimum Gasteiger partial charge on any atom is -0.496 e. The molecule has 0 spiro atoms. The Labute approximate surface area is 247 Å². The molecule has 2 aliphatic heterocycles. The number of methoxy groups -OCH3 is 1. The van der Waals surface area contributed by atoms with Gasteiger partial charge in [-0.15, -0.1) is 0 Å². The maximum atomic E-state index is 14.6. The summed E-state index contributed by atoms with van der Waals surface area (Å²) in [5, 5.41) is 1.83. The summed E-state index contributed by atoms with van der Waals surface area (Å²) in [6, 6.07) is 18.5. The summed E-state index contributed by atoms with van der Waals surface area (Å²) in [5.41, 5.74) is 3.20. The molecule has 0 radical (unpaired) electrons. The topological polar surface area (TPSA) is 84.2 Å². The standard InChI is InChI=1S/C33H32N4O4S/c1-6-35(7-2)30(38)25-19(4)34-33-37(28(25)26-21-14-10-9-13-20(21)17-18-24(26)41-5)32(40)29(42-33)27-22-15-11-12-16-23(22)36(8-3)31(27)39/h9-18,28H,6-8H2,1-5H3/b29-27-/t28-/m0/s1. The Kier molecular flexibility index (Phi) is 7.06. The van der Waals surface area contributed by atoms with Crippen molar-refractivity contribution in [1.82, 2.24) is 9.47 Å². The van der Waals surface area contributed by atoms with Gasteiger partial charge < -0.3 is 14.5 Å². The van der Waals surface area contributed by atoms with Crippen molar-refractivity contribution in [2.45, 2.75) is 33.7 Å². The third kappa shape index (κ3) is 4.02. The van der Waals surface area contributed by atoms with E-state index >= 15 is 0 Å². The van der Waals surface area contributed by atoms with E-state index in [-0.39, 0.29) is 17.4 Å². The first kappa shape index (κ1) is 27.7. The van der Waals surface area contributed by atoms with Crippen LogP contribution >= 0.6 is 11.3 Å². The van der Waals surface area contributed by atoms with Crippen molar-refractivity contribution in [3.8, 4) is 5.75 Å². The third-order valence-corrected chi connectivity index (χ3v) is 9.22. The van der Waals surface area contributed by atoms with Crippen LogP contribution < -0.4 is 24.5 Å². The van der Waals surface area contributed by atoms with Gasteiger partial charge in [0.1, 0.15) is 16.3 Å². The number of ether oxygens (including phenoxy) is 1. The zero-order chi connectivity index (χ0) is 29.7. The molecule has 0 saturated carbocycles. The van der Waals surface area contributed by atoms with Gasteiger partial charge in [0.25, 0.3) is 17.4 Å². The molecule has 9 heteroatoms. The molecular formula is C33H32N4O4S. The molecule has 8 nitrogen and oxygen atoms in total. The van der Waals surface area contributed by atoms with Gasteiger partial charge in [0.2, 0.25) is 0 Å². The van der Waals surface area contributed by atoms with Crippen LogP contribution in [-0.4, -0.2) is 48.0 Å². The maximum absolute atomic E-state index is 14.6. The highest BCUT2D eigenvalue weighted by atomic mass is 32.1. The molecule has 0 fully saturated rings. The number of allylic oxidation sites excluding steroid dienone is 1. The second-order valence-corrected chi connectivity index (χ2v) is 11.2. The summed E-state index contributed by atoms with van der Waals surface area (Å²) in [7, 11) is 1.59. The van der Waals surface area contributed by atoms with E-state index in [1.54, 1.807) is 21.5 Å². The van der Waals surface area contributed by atoms with Crippen LogP contribution in [0, 0.1) is 0 Å². The lowest BCUT2D eigenvalue weighted by Crippen LogP contribution is -2.43. The van der Waals surface area contributed by atoms with E-state index in [4.69, 9.17) is 9.73 Å². The summed E-state index contributed by atoms with van der Waals surface area (Å²) >= 11 is 1.19. The van der Waals surface area contributed by atoms with Crippen molar-refractivity contribution in [3.63, 3.8) is 0 Å². The van der Waals surface area contributed by atoms with Gasteiger partial charge in [0.05, 0.1) is 29.6 Å². The number of fused-ring (bicyclic) bond motifs is 3. The van der Waals surface area contributed by atoms with Crippen LogP contribution in [0.15, 0.2) is 81.7 Å². The maximum Gasteiger partial charge on any atom is 0.271 e. The molecule has 3 aromatic carbocycles. The second kappa shape index (κ2) is 10.7. The summed E-state index contributed by atoms with van der Waals surface area (Å²) < 4.78 is 7.78. The normalized spacial score (nSPS) is 17.3. The minimum absolute atomic E-state index is 0.182. The van der Waals surface area contributed by atoms with Crippen molar-refractivity contribution in [3.05, 3.63) is 103 Å². The van der Waals surface area contributed by atoms with Gasteiger partial charge in [-0.05, 0) is 50.6 Å². The first-order valence-electron chi connectivity index (χ1n) is 14.2. The highest BCUT2D eigenvalue weighted by molar-refractivity contribution is 7.07. The molecule has 0 N–H and O–H groups in total. The number of benzene rings is 3. The van der Waals surface area contributed by atoms with Crippen LogP contribution in [0.1, 0.15) is 44.9 Å². The predicted octanol–water partition coefficient (Wildman–Crippen LogP) is 4.00. The number of amides is 2. The van der Waals surface area contributed by atoms with Crippen molar-refractivity contribution in [2.24, 2.45) is 4.99 Å². The Bertz CT molecular complexity index is 1980. The fraction of sp³-hybridized carbons (Fsp3) is 0.273. The molecule has 6 rings (SSSR count). The van der Waals surface area contributed by atoms with E-state index < -0.39 is 6.04 Å². The Hall–Kier alpha value is -4.50. The summed E-state index contributed by atoms with van der Waals surface area (Å²) in [6.07, 6.45) is 0. The monoisotopic (exact) mass is 580 g/mol. The number of hydrogen-bond acceptors (Lipinski definition) is 6. The Morgan fingerprint density at radius 3 is 2.43 bits per heavy atom. The van der Waals surface area contributed by atoms with Crippen LogP contribution in [-0.2, 0) is 9.59 Å². The minimum atomic E-state index is -0.807. The summed E-state index contributed by atoms with van der Waals surface area (Å²) in [5.74, 6) is 0.174. The molecule has 0 bridgehead atoms. The highest BCUT2D eigenvalue weighted by Crippen LogP contribution is 2.41. The number of para-hydroxylation sites is 1. The van der Waals surface area contributed by atoms with Crippen molar-refractivity contribution >= 4 is 45.2 Å². The average molecular weight is 581 g/mol. The number of nitrogens with zero attached hydrogens (tertiary/aromatic N) is 4. The van der Waals surface area contributed by atoms with Crippen LogP contribution in [0.4, 0.5) is 5.69 Å². The fourth-order valence-corrected chi connectivity index (χ4v) is 7.29. The lowest BCUT2D eigenvalue weighted by molar-refractivity contribution is -0.127. The van der Waals surface area contributed by atoms with Crippen LogP contribution in [0.2, 0.25) is 0 Å². The number of hydrogen-bond donors (Lipinski definition) is 0. The van der Waals surface area contributed by atoms with E-state index in [9.17, 15) is 14.4 Å². The highest BCUT2D eigenvalue weighted by Gasteiger charge is 2.38. The Morgan fingerprint density at radius 2 is 1.71 bits per heavy atom. The Balaban J connectivity index is 1.73. The zero-order valence-electron chi connectivity index (χ0n) is 24.3. The van der Waals surface area contributed by atoms with Crippen LogP contribution in [0.25, 0.3) is 16.3 Å². The molecule has 1 aromatic heterocycles. The number of carbonyl (C=O) groups excluding carboxylic acids is 2. The second-order valence-electron chi connectivity index (χ2n) is 10.2. The lowest BCUT2D eigenvalue weighted by Gasteiger charge is -2.30. The number of rotatable bonds is 6. The quantitative estimate of drug-likeness (QED) is 0.345. The Morgan fingerprint density at radius 1 is 1.00 bits per heavy atom. The van der Waals surface area contributed by atoms with E-state index in [0.717, 1.165) is 22.0 Å². The molecule has 0 unspecified atom stereocenters. The third-order valence-electron chi connectivity index (χ3n) is 8.17. The van der Waals surface area contributed by atoms with Crippen molar-refractivity contribution in [1.29, 1.82) is 0 Å². The first-order chi connectivity index (χ1) is 20.4. The molecule has 2 amide bonds. The van der Waals surface area contributed by atoms with Gasteiger partial charge in [-0.1, -0.05) is 59.9 Å². The van der Waals surface area contributed by atoms with Crippen LogP contribution in [0.5, 0.6) is 5.75 Å². The molecule has 214 valence electrons. The van der Waals surface area contributed by atoms with Gasteiger partial charge in [-0.25, -0.2) is 4.99 Å². The largest absolute Gasteiger partial charge is 0.496 e. The predicted molar refractivity (Wildman–Crippen MR) is 166 cm³/mol. The molecular weight excluding hydrogens is 548 g/mol. The number of anilines is 1. The number of thiazole rings is 1. The fourth-order valence-electron chi connectivity index (χ4n) is 6.15. The van der Waals surface area contributed by atoms with E-state index in [1.807, 2.05) is 88.4 Å². The van der Waals surface area contributed by atoms with Gasteiger partial charge in [-0.2, -0.15) is 0 Å². The number of aromatic nitrogens is 1. The zero-order valence-corrected chi connectivity index (χ0v) is 25.1. The van der Waals surface area contributed by atoms with Gasteiger partial charge in [0.15, 0.2) is 4.80 Å². The molecule has 1 atom stereocenters. The van der Waals surface area contributed by atoms with E-state index in [1.165, 1.54) is 11.3 Å². The molecule has 2 aliphatic rings. The summed E-state index contributed by atoms with van der Waals surface area (Å²) in [6.45, 7) is 9.11. The molecule has 42 heavy (non-hydrogen) atoms. The molecule has 0 saturated heterocycles. The van der Waals surface area contributed by atoms with E-state index in [0.29, 0.717) is 57.1 Å². The van der Waals surface area contributed by atoms with Gasteiger partial charge in [0, 0.05) is 30.8 Å². The lowest BCUT2D eigenvalue weighted by atomic mass is 9.90. The number of likely N-dealkylation sites (N-methyl/N-ethyl adjacent to an activating group) is 2. The van der Waals surface area contributed by atoms with Gasteiger partial charge >= 0.3 is 0 Å². The van der Waals surface area contributed by atoms with Crippen LogP contribution in [0.3, 0.4) is 0 Å². The summed E-state index contributed by atoms with van der Waals surface area (Å²) in [4.78, 5) is 51.2. The van der Waals surface area contributed by atoms with E-state index in [2.05, 4.69) is 0 Å². The smallest absolute Gasteiger partial charge is 0.271 e. The average Bonchev–Trinajstić information content (AvgIpc) is 3.47. The first-order valence-corrected chi connectivity index (χ1v) is 15.0. The molecule has 4 aromatic rings.